The first kappa shape index (κ1) is 58.0. The minimum atomic E-state index is -5.45. The number of phenols is 3. The monoisotopic (exact) mass is 1230 g/mol. The number of hydrogen-bond acceptors (Lipinski definition) is 24. The van der Waals surface area contributed by atoms with Gasteiger partial charge in [0.25, 0.3) is 60.7 Å². The lowest BCUT2D eigenvalue weighted by molar-refractivity contribution is 0.471. The van der Waals surface area contributed by atoms with Crippen molar-refractivity contribution in [2.75, 3.05) is 5.73 Å². The van der Waals surface area contributed by atoms with Gasteiger partial charge in [0.1, 0.15) is 48.0 Å². The van der Waals surface area contributed by atoms with Crippen LogP contribution in [0.15, 0.2) is 167 Å². The average Bonchev–Trinajstić information content (AvgIpc) is 3.39. The second-order valence-electron chi connectivity index (χ2n) is 16.5. The number of phenolic OH excluding ortho intramolecular Hbond substituents is 3. The van der Waals surface area contributed by atoms with Crippen molar-refractivity contribution < 1.29 is 93.1 Å². The summed E-state index contributed by atoms with van der Waals surface area (Å²) in [5.41, 5.74) is 0.479. The van der Waals surface area contributed by atoms with Gasteiger partial charge in [-0.1, -0.05) is 23.7 Å². The van der Waals surface area contributed by atoms with Gasteiger partial charge in [-0.15, -0.1) is 25.6 Å². The predicted molar refractivity (Wildman–Crippen MR) is 279 cm³/mol. The third kappa shape index (κ3) is 11.8. The fourth-order valence-electron chi connectivity index (χ4n) is 7.57. The van der Waals surface area contributed by atoms with Gasteiger partial charge in [0, 0.05) is 10.8 Å². The Morgan fingerprint density at radius 3 is 1.35 bits per heavy atom. The van der Waals surface area contributed by atoms with Gasteiger partial charge in [-0.25, -0.2) is 0 Å². The van der Waals surface area contributed by atoms with Crippen LogP contribution < -0.4 is 5.73 Å². The van der Waals surface area contributed by atoms with E-state index in [1.54, 1.807) is 0 Å². The summed E-state index contributed by atoms with van der Waals surface area (Å²) in [5, 5.41) is 61.9. The second-order valence-corrected chi connectivity index (χ2v) is 25.3. The molecule has 0 spiro atoms. The molecule has 80 heavy (non-hydrogen) atoms. The van der Waals surface area contributed by atoms with E-state index in [0.717, 1.165) is 72.8 Å². The van der Waals surface area contributed by atoms with Gasteiger partial charge in [-0.05, 0) is 114 Å². The van der Waals surface area contributed by atoms with Crippen molar-refractivity contribution in [3.05, 3.63) is 108 Å². The van der Waals surface area contributed by atoms with E-state index in [-0.39, 0.29) is 49.2 Å². The van der Waals surface area contributed by atoms with Gasteiger partial charge in [0.05, 0.1) is 42.9 Å². The molecule has 30 nitrogen and oxygen atoms in total. The summed E-state index contributed by atoms with van der Waals surface area (Å²) in [6.45, 7) is 1.36. The Morgan fingerprint density at radius 1 is 0.388 bits per heavy atom. The molecule has 8 rings (SSSR count). The number of nitrogen functional groups attached to an aromatic ring is 1. The Labute approximate surface area is 454 Å². The first-order chi connectivity index (χ1) is 36.9. The summed E-state index contributed by atoms with van der Waals surface area (Å²) >= 11 is 6.07. The molecule has 0 aromatic heterocycles. The fraction of sp³-hybridized carbons (Fsp3) is 0.0233. The highest BCUT2D eigenvalue weighted by Crippen LogP contribution is 2.50. The molecule has 0 radical (unpaired) electrons. The summed E-state index contributed by atoms with van der Waals surface area (Å²) in [6.07, 6.45) is 0. The van der Waals surface area contributed by atoms with Crippen molar-refractivity contribution in [1.29, 1.82) is 0 Å². The second kappa shape index (κ2) is 20.5. The molecule has 0 atom stereocenters. The van der Waals surface area contributed by atoms with E-state index in [1.807, 2.05) is 0 Å². The van der Waals surface area contributed by atoms with Crippen LogP contribution in [0.4, 0.5) is 51.2 Å². The van der Waals surface area contributed by atoms with E-state index >= 15 is 0 Å². The van der Waals surface area contributed by atoms with E-state index in [2.05, 4.69) is 40.9 Å². The number of fused-ring (bicyclic) bond motifs is 3. The molecule has 416 valence electrons. The van der Waals surface area contributed by atoms with Crippen molar-refractivity contribution in [2.24, 2.45) is 40.9 Å². The Morgan fingerprint density at radius 2 is 0.812 bits per heavy atom. The van der Waals surface area contributed by atoms with Crippen LogP contribution in [0.5, 0.6) is 17.2 Å². The van der Waals surface area contributed by atoms with Crippen LogP contribution in [0.2, 0.25) is 5.02 Å². The zero-order chi connectivity index (χ0) is 59.0. The van der Waals surface area contributed by atoms with Crippen molar-refractivity contribution in [3.8, 4) is 17.2 Å². The normalized spacial score (nSPS) is 13.3. The van der Waals surface area contributed by atoms with Crippen LogP contribution >= 0.6 is 11.6 Å². The van der Waals surface area contributed by atoms with Crippen molar-refractivity contribution in [3.63, 3.8) is 0 Å². The summed E-state index contributed by atoms with van der Waals surface area (Å²) in [7, 11) is -30.9. The molecule has 0 amide bonds. The van der Waals surface area contributed by atoms with Gasteiger partial charge in [-0.3, -0.25) is 27.3 Å². The maximum atomic E-state index is 12.8. The lowest BCUT2D eigenvalue weighted by atomic mass is 10.0. The molecular formula is C43H30ClN9O21S6. The van der Waals surface area contributed by atoms with Crippen LogP contribution in [0, 0.1) is 6.92 Å². The lowest BCUT2D eigenvalue weighted by Crippen LogP contribution is -2.03. The molecular weight excluding hydrogens is 1210 g/mol. The molecule has 0 heterocycles. The molecule has 0 aliphatic heterocycles. The van der Waals surface area contributed by atoms with Crippen LogP contribution in [-0.2, 0) is 60.7 Å². The Balaban J connectivity index is 1.22. The van der Waals surface area contributed by atoms with E-state index in [0.29, 0.717) is 12.1 Å². The van der Waals surface area contributed by atoms with Crippen molar-refractivity contribution in [2.45, 2.75) is 36.3 Å². The zero-order valence-electron chi connectivity index (χ0n) is 39.1. The first-order valence-electron chi connectivity index (χ1n) is 21.1. The topological polar surface area (TPSA) is 512 Å². The summed E-state index contributed by atoms with van der Waals surface area (Å²) < 4.78 is 208. The largest absolute Gasteiger partial charge is 0.505 e. The molecule has 0 aliphatic rings. The van der Waals surface area contributed by atoms with E-state index in [1.165, 1.54) is 19.1 Å². The van der Waals surface area contributed by atoms with E-state index in [9.17, 15) is 93.1 Å². The summed E-state index contributed by atoms with van der Waals surface area (Å²) in [4.78, 5) is -5.74. The SMILES string of the molecule is Cc1ccc(N=Nc2c(S(=O)(=O)O)cc3cc(N=Nc4c(S(=O)(=O)O)cc5cc(S(=O)(=O)O)c(N=Nc6ccc7cc(S(=O)(=O)O)c(N=Nc8cc(S(=O)(=O)O)ccc8Cl)c(O)c7c6)c(N)c5c4O)ccc3c2O)cc1S(=O)(=O)O. The molecule has 0 saturated heterocycles. The van der Waals surface area contributed by atoms with Crippen molar-refractivity contribution in [1.82, 2.24) is 0 Å². The van der Waals surface area contributed by atoms with E-state index in [4.69, 9.17) is 17.3 Å². The number of nitrogens with zero attached hydrogens (tertiary/aromatic N) is 8. The molecule has 8 aromatic rings. The van der Waals surface area contributed by atoms with Gasteiger partial charge < -0.3 is 21.1 Å². The lowest BCUT2D eigenvalue weighted by Gasteiger charge is -2.14. The molecule has 0 saturated carbocycles. The summed E-state index contributed by atoms with van der Waals surface area (Å²) in [6, 6.07) is 15.2. The smallest absolute Gasteiger partial charge is 0.296 e. The Hall–Kier alpha value is -8.11. The molecule has 0 unspecified atom stereocenters. The predicted octanol–water partition coefficient (Wildman–Crippen LogP) is 9.95. The highest BCUT2D eigenvalue weighted by Gasteiger charge is 2.29. The minimum Gasteiger partial charge on any atom is -0.505 e. The Kier molecular flexibility index (Phi) is 14.9. The number of azo groups is 4. The average molecular weight is 1240 g/mol. The number of nitrogens with two attached hydrogens (primary N) is 1. The van der Waals surface area contributed by atoms with Crippen molar-refractivity contribution >= 4 is 156 Å². The molecule has 11 N–H and O–H groups in total. The number of hydrogen-bond donors (Lipinski definition) is 10. The molecule has 0 bridgehead atoms. The van der Waals surface area contributed by atoms with Crippen LogP contribution in [0.25, 0.3) is 32.3 Å². The third-order valence-corrected chi connectivity index (χ3v) is 16.8. The fourth-order valence-corrected chi connectivity index (χ4v) is 11.6. The number of anilines is 1. The standard InChI is InChI=1S/C43H30ClN9O21S6/c1-18-2-4-24(16-30(18)76(60,61)62)48-51-38-33(79(69,70)71)12-20-10-22(6-8-26(20)41(38)54)46-52-40-34(80(72,73)74)14-21-13-31(77(63,64)65)37(36(45)35(21)43(40)56)50-47-23-5-3-19-11-32(78(66,67)68)39(42(55)27(19)15-23)53-49-29-17-25(75(57,58)59)7-9-28(29)44/h2-17,54-56H,45H2,1H3,(H,57,58,59)(H,60,61,62)(H,63,64,65)(H,66,67,68)(H,69,70,71)(H,72,73,74). The number of rotatable bonds is 14. The van der Waals surface area contributed by atoms with Crippen LogP contribution in [0.1, 0.15) is 5.56 Å². The minimum absolute atomic E-state index is 0.111. The third-order valence-electron chi connectivity index (χ3n) is 11.2. The zero-order valence-corrected chi connectivity index (χ0v) is 44.8. The van der Waals surface area contributed by atoms with Gasteiger partial charge in [0.15, 0.2) is 17.2 Å². The quantitative estimate of drug-likeness (QED) is 0.0275. The number of aryl methyl sites for hydroxylation is 1. The maximum absolute atomic E-state index is 12.8. The Bertz CT molecular complexity index is 4910. The molecule has 37 heteroatoms. The first-order valence-corrected chi connectivity index (χ1v) is 30.1. The van der Waals surface area contributed by atoms with Gasteiger partial charge in [-0.2, -0.15) is 65.8 Å². The van der Waals surface area contributed by atoms with E-state index < -0.39 is 152 Å². The van der Waals surface area contributed by atoms with Crippen LogP contribution in [-0.4, -0.2) is 93.1 Å². The molecule has 0 aliphatic carbocycles. The summed E-state index contributed by atoms with van der Waals surface area (Å²) in [5.74, 6) is -3.15. The molecule has 0 fully saturated rings. The molecule has 8 aromatic carbocycles. The maximum Gasteiger partial charge on any atom is 0.296 e. The van der Waals surface area contributed by atoms with Crippen LogP contribution in [0.3, 0.4) is 0 Å². The van der Waals surface area contributed by atoms with Gasteiger partial charge in [0.2, 0.25) is 0 Å². The van der Waals surface area contributed by atoms with Gasteiger partial charge >= 0.3 is 0 Å². The highest BCUT2D eigenvalue weighted by atomic mass is 35.5. The number of halogens is 1. The number of benzene rings is 8. The highest BCUT2D eigenvalue weighted by molar-refractivity contribution is 7.87. The number of aromatic hydroxyl groups is 3.